The van der Waals surface area contributed by atoms with Crippen LogP contribution in [0.2, 0.25) is 0 Å². The van der Waals surface area contributed by atoms with Crippen molar-refractivity contribution in [2.24, 2.45) is 10.8 Å². The Morgan fingerprint density at radius 2 is 1.50 bits per heavy atom. The Hall–Kier alpha value is -0.0400. The number of hydrogen-bond donors (Lipinski definition) is 1. The lowest BCUT2D eigenvalue weighted by Gasteiger charge is -2.33. The molecule has 0 amide bonds. The summed E-state index contributed by atoms with van der Waals surface area (Å²) < 4.78 is 0. The summed E-state index contributed by atoms with van der Waals surface area (Å²) in [5, 5.41) is 3.60. The Morgan fingerprint density at radius 3 is 1.79 bits per heavy atom. The van der Waals surface area contributed by atoms with Gasteiger partial charge in [-0.3, -0.25) is 0 Å². The van der Waals surface area contributed by atoms with Crippen molar-refractivity contribution in [2.45, 2.75) is 67.3 Å². The summed E-state index contributed by atoms with van der Waals surface area (Å²) in [4.78, 5) is 0. The van der Waals surface area contributed by atoms with Crippen LogP contribution in [0.1, 0.15) is 61.3 Å². The molecule has 0 saturated heterocycles. The molecule has 0 radical (unpaired) electrons. The second kappa shape index (κ2) is 5.16. The molecule has 0 aliphatic carbocycles. The Balaban J connectivity index is 4.12. The van der Waals surface area contributed by atoms with E-state index in [1.807, 2.05) is 0 Å². The summed E-state index contributed by atoms with van der Waals surface area (Å²) >= 11 is 0. The maximum Gasteiger partial charge on any atom is 0.0116 e. The van der Waals surface area contributed by atoms with E-state index in [-0.39, 0.29) is 0 Å². The van der Waals surface area contributed by atoms with Crippen LogP contribution in [0.3, 0.4) is 0 Å². The van der Waals surface area contributed by atoms with Crippen LogP contribution in [-0.2, 0) is 0 Å². The zero-order chi connectivity index (χ0) is 11.4. The zero-order valence-electron chi connectivity index (χ0n) is 11.2. The van der Waals surface area contributed by atoms with Gasteiger partial charge in [0.25, 0.3) is 0 Å². The van der Waals surface area contributed by atoms with Gasteiger partial charge in [-0.2, -0.15) is 0 Å². The van der Waals surface area contributed by atoms with Crippen LogP contribution in [-0.4, -0.2) is 12.6 Å². The highest BCUT2D eigenvalue weighted by Crippen LogP contribution is 2.28. The monoisotopic (exact) mass is 199 g/mol. The molecule has 1 heteroatoms. The first kappa shape index (κ1) is 14.0. The predicted molar refractivity (Wildman–Crippen MR) is 65.6 cm³/mol. The minimum absolute atomic E-state index is 0.376. The van der Waals surface area contributed by atoms with Crippen molar-refractivity contribution >= 4 is 0 Å². The highest BCUT2D eigenvalue weighted by Gasteiger charge is 2.25. The van der Waals surface area contributed by atoms with Crippen molar-refractivity contribution in [1.82, 2.24) is 5.32 Å². The molecule has 0 heterocycles. The van der Waals surface area contributed by atoms with Gasteiger partial charge in [-0.25, -0.2) is 0 Å². The third-order valence-electron chi connectivity index (χ3n) is 2.68. The van der Waals surface area contributed by atoms with E-state index in [0.717, 1.165) is 6.54 Å². The van der Waals surface area contributed by atoms with Gasteiger partial charge in [-0.1, -0.05) is 48.5 Å². The molecule has 86 valence electrons. The molecule has 1 unspecified atom stereocenters. The Kier molecular flexibility index (Phi) is 5.14. The van der Waals surface area contributed by atoms with Crippen LogP contribution in [0, 0.1) is 10.8 Å². The lowest BCUT2D eigenvalue weighted by Crippen LogP contribution is -2.40. The van der Waals surface area contributed by atoms with Gasteiger partial charge in [0.15, 0.2) is 0 Å². The van der Waals surface area contributed by atoms with E-state index >= 15 is 0 Å². The smallest absolute Gasteiger partial charge is 0.0116 e. The molecule has 0 rings (SSSR count). The molecule has 0 bridgehead atoms. The van der Waals surface area contributed by atoms with Crippen LogP contribution >= 0.6 is 0 Å². The van der Waals surface area contributed by atoms with Crippen molar-refractivity contribution in [3.05, 3.63) is 0 Å². The zero-order valence-corrected chi connectivity index (χ0v) is 11.2. The van der Waals surface area contributed by atoms with Crippen LogP contribution in [0.25, 0.3) is 0 Å². The Labute approximate surface area is 90.7 Å². The largest absolute Gasteiger partial charge is 0.314 e. The highest BCUT2D eigenvalue weighted by atomic mass is 14.9. The molecule has 0 fully saturated rings. The first-order valence-electron chi connectivity index (χ1n) is 5.90. The van der Waals surface area contributed by atoms with Gasteiger partial charge in [-0.05, 0) is 30.2 Å². The van der Waals surface area contributed by atoms with Crippen molar-refractivity contribution < 1.29 is 0 Å². The summed E-state index contributed by atoms with van der Waals surface area (Å²) in [7, 11) is 0. The average Bonchev–Trinajstić information content (AvgIpc) is 1.93. The molecule has 1 atom stereocenters. The predicted octanol–water partition coefficient (Wildman–Crippen LogP) is 3.84. The van der Waals surface area contributed by atoms with Gasteiger partial charge < -0.3 is 5.32 Å². The Morgan fingerprint density at radius 1 is 1.00 bits per heavy atom. The normalized spacial score (nSPS) is 15.6. The molecule has 1 N–H and O–H groups in total. The number of nitrogens with one attached hydrogen (secondary N) is 1. The summed E-state index contributed by atoms with van der Waals surface area (Å²) in [5.41, 5.74) is 0.834. The lowest BCUT2D eigenvalue weighted by molar-refractivity contribution is 0.226. The average molecular weight is 199 g/mol. The molecule has 0 aliphatic rings. The molecule has 0 aromatic heterocycles. The third kappa shape index (κ3) is 6.42. The van der Waals surface area contributed by atoms with Gasteiger partial charge in [0.2, 0.25) is 0 Å². The standard InChI is InChI=1S/C13H29N/c1-8-14-11(13(5,6)7)9-10-12(2,3)4/h11,14H,8-10H2,1-7H3. The van der Waals surface area contributed by atoms with Gasteiger partial charge >= 0.3 is 0 Å². The fourth-order valence-corrected chi connectivity index (χ4v) is 1.67. The van der Waals surface area contributed by atoms with Crippen molar-refractivity contribution in [1.29, 1.82) is 0 Å². The van der Waals surface area contributed by atoms with E-state index in [2.05, 4.69) is 53.8 Å². The second-order valence-corrected chi connectivity index (χ2v) is 6.58. The van der Waals surface area contributed by atoms with E-state index in [1.165, 1.54) is 12.8 Å². The van der Waals surface area contributed by atoms with Crippen LogP contribution < -0.4 is 5.32 Å². The van der Waals surface area contributed by atoms with Crippen LogP contribution in [0.5, 0.6) is 0 Å². The third-order valence-corrected chi connectivity index (χ3v) is 2.68. The molecular weight excluding hydrogens is 170 g/mol. The van der Waals surface area contributed by atoms with E-state index in [9.17, 15) is 0 Å². The maximum absolute atomic E-state index is 3.60. The molecule has 1 nitrogen and oxygen atoms in total. The molecule has 0 aromatic rings. The van der Waals surface area contributed by atoms with Gasteiger partial charge in [0, 0.05) is 6.04 Å². The van der Waals surface area contributed by atoms with Crippen molar-refractivity contribution in [3.8, 4) is 0 Å². The number of rotatable bonds is 4. The fraction of sp³-hybridized carbons (Fsp3) is 1.00. The van der Waals surface area contributed by atoms with E-state index in [4.69, 9.17) is 0 Å². The quantitative estimate of drug-likeness (QED) is 0.725. The van der Waals surface area contributed by atoms with Gasteiger partial charge in [0.05, 0.1) is 0 Å². The Bertz CT molecular complexity index is 148. The second-order valence-electron chi connectivity index (χ2n) is 6.58. The minimum atomic E-state index is 0.376. The summed E-state index contributed by atoms with van der Waals surface area (Å²) in [6, 6.07) is 0.645. The van der Waals surface area contributed by atoms with E-state index in [0.29, 0.717) is 16.9 Å². The van der Waals surface area contributed by atoms with E-state index < -0.39 is 0 Å². The van der Waals surface area contributed by atoms with Gasteiger partial charge in [0.1, 0.15) is 0 Å². The summed E-state index contributed by atoms with van der Waals surface area (Å²) in [6.07, 6.45) is 2.57. The number of hydrogen-bond acceptors (Lipinski definition) is 1. The topological polar surface area (TPSA) is 12.0 Å². The molecule has 0 saturated carbocycles. The molecular formula is C13H29N. The van der Waals surface area contributed by atoms with Crippen LogP contribution in [0.4, 0.5) is 0 Å². The molecule has 0 aliphatic heterocycles. The minimum Gasteiger partial charge on any atom is -0.314 e. The van der Waals surface area contributed by atoms with Crippen molar-refractivity contribution in [2.75, 3.05) is 6.54 Å². The SMILES string of the molecule is CCNC(CCC(C)(C)C)C(C)(C)C. The first-order chi connectivity index (χ1) is 6.17. The van der Waals surface area contributed by atoms with Crippen molar-refractivity contribution in [3.63, 3.8) is 0 Å². The summed E-state index contributed by atoms with van der Waals surface area (Å²) in [5.74, 6) is 0. The summed E-state index contributed by atoms with van der Waals surface area (Å²) in [6.45, 7) is 17.2. The van der Waals surface area contributed by atoms with E-state index in [1.54, 1.807) is 0 Å². The highest BCUT2D eigenvalue weighted by molar-refractivity contribution is 4.81. The van der Waals surface area contributed by atoms with Gasteiger partial charge in [-0.15, -0.1) is 0 Å². The lowest BCUT2D eigenvalue weighted by atomic mass is 9.80. The molecule has 14 heavy (non-hydrogen) atoms. The molecule has 0 aromatic carbocycles. The van der Waals surface area contributed by atoms with Crippen LogP contribution in [0.15, 0.2) is 0 Å². The fourth-order valence-electron chi connectivity index (χ4n) is 1.67. The molecule has 0 spiro atoms. The first-order valence-corrected chi connectivity index (χ1v) is 5.90. The maximum atomic E-state index is 3.60.